The number of nitrogens with zero attached hydrogens (tertiary/aromatic N) is 3. The normalized spacial score (nSPS) is 23.3. The summed E-state index contributed by atoms with van der Waals surface area (Å²) >= 11 is 0. The number of H-pyrrole nitrogens is 1. The van der Waals surface area contributed by atoms with Crippen LogP contribution in [-0.4, -0.2) is 58.6 Å². The van der Waals surface area contributed by atoms with Crippen LogP contribution < -0.4 is 0 Å². The molecule has 2 aliphatic rings. The van der Waals surface area contributed by atoms with Crippen molar-refractivity contribution in [2.24, 2.45) is 5.41 Å². The third-order valence-corrected chi connectivity index (χ3v) is 6.28. The second kappa shape index (κ2) is 7.23. The zero-order valence-electron chi connectivity index (χ0n) is 15.5. The summed E-state index contributed by atoms with van der Waals surface area (Å²) < 4.78 is 0. The Hall–Kier alpha value is -2.14. The van der Waals surface area contributed by atoms with Crippen LogP contribution in [0.4, 0.5) is 0 Å². The molecule has 3 heterocycles. The number of likely N-dealkylation sites (N-methyl/N-ethyl adjacent to an activating group) is 1. The van der Waals surface area contributed by atoms with Gasteiger partial charge in [-0.3, -0.25) is 9.89 Å². The van der Waals surface area contributed by atoms with Gasteiger partial charge in [-0.1, -0.05) is 37.3 Å². The molecule has 5 nitrogen and oxygen atoms in total. The zero-order chi connectivity index (χ0) is 18.0. The van der Waals surface area contributed by atoms with Gasteiger partial charge in [0.1, 0.15) is 5.69 Å². The van der Waals surface area contributed by atoms with Crippen molar-refractivity contribution in [3.05, 3.63) is 53.9 Å². The summed E-state index contributed by atoms with van der Waals surface area (Å²) in [5.41, 5.74) is 2.39. The summed E-state index contributed by atoms with van der Waals surface area (Å²) in [6.45, 7) is 7.37. The smallest absolute Gasteiger partial charge is 0.271 e. The summed E-state index contributed by atoms with van der Waals surface area (Å²) in [6, 6.07) is 12.7. The van der Waals surface area contributed by atoms with E-state index < -0.39 is 0 Å². The molecule has 138 valence electrons. The van der Waals surface area contributed by atoms with Crippen LogP contribution in [0.3, 0.4) is 0 Å². The van der Waals surface area contributed by atoms with E-state index in [0.717, 1.165) is 39.0 Å². The largest absolute Gasteiger partial charge is 0.337 e. The number of carbonyl (C=O) groups is 1. The maximum atomic E-state index is 12.6. The standard InChI is InChI=1S/C21H28N4O/c1-2-24-15-18(17-6-4-3-5-7-17)14-21(16-24)9-12-25(13-10-21)20(26)19-8-11-22-23-19/h3-8,11,18H,2,9-10,12-16H2,1H3,(H,22,23)/t18-/m0/s1. The van der Waals surface area contributed by atoms with Crippen LogP contribution in [0.2, 0.25) is 0 Å². The number of likely N-dealkylation sites (tertiary alicyclic amines) is 2. The van der Waals surface area contributed by atoms with Crippen LogP contribution in [0.15, 0.2) is 42.6 Å². The molecule has 2 aliphatic heterocycles. The maximum Gasteiger partial charge on any atom is 0.271 e. The van der Waals surface area contributed by atoms with E-state index in [9.17, 15) is 4.79 Å². The Bertz CT molecular complexity index is 720. The Morgan fingerprint density at radius 3 is 2.65 bits per heavy atom. The number of hydrogen-bond donors (Lipinski definition) is 1. The number of hydrogen-bond acceptors (Lipinski definition) is 3. The summed E-state index contributed by atoms with van der Waals surface area (Å²) in [7, 11) is 0. The minimum absolute atomic E-state index is 0.0834. The molecular weight excluding hydrogens is 324 g/mol. The molecule has 4 rings (SSSR count). The first-order valence-electron chi connectivity index (χ1n) is 9.75. The third kappa shape index (κ3) is 3.40. The molecule has 2 saturated heterocycles. The first-order valence-corrected chi connectivity index (χ1v) is 9.75. The molecule has 0 radical (unpaired) electrons. The lowest BCUT2D eigenvalue weighted by Crippen LogP contribution is -2.52. The molecule has 0 saturated carbocycles. The summed E-state index contributed by atoms with van der Waals surface area (Å²) in [4.78, 5) is 17.2. The third-order valence-electron chi connectivity index (χ3n) is 6.28. The van der Waals surface area contributed by atoms with Crippen molar-refractivity contribution in [1.82, 2.24) is 20.0 Å². The van der Waals surface area contributed by atoms with Crippen LogP contribution in [-0.2, 0) is 0 Å². The Labute approximate surface area is 155 Å². The van der Waals surface area contributed by atoms with Crippen molar-refractivity contribution >= 4 is 5.91 Å². The van der Waals surface area contributed by atoms with Gasteiger partial charge in [-0.25, -0.2) is 0 Å². The Balaban J connectivity index is 1.47. The molecule has 0 unspecified atom stereocenters. The average molecular weight is 352 g/mol. The number of benzene rings is 1. The van der Waals surface area contributed by atoms with Crippen molar-refractivity contribution in [3.8, 4) is 0 Å². The van der Waals surface area contributed by atoms with E-state index in [2.05, 4.69) is 52.4 Å². The van der Waals surface area contributed by atoms with Crippen LogP contribution in [0.5, 0.6) is 0 Å². The van der Waals surface area contributed by atoms with E-state index >= 15 is 0 Å². The number of aromatic nitrogens is 2. The summed E-state index contributed by atoms with van der Waals surface area (Å²) in [5, 5.41) is 6.71. The summed E-state index contributed by atoms with van der Waals surface area (Å²) in [5.74, 6) is 0.680. The van der Waals surface area contributed by atoms with Gasteiger partial charge in [-0.2, -0.15) is 5.10 Å². The van der Waals surface area contributed by atoms with Crippen LogP contribution in [0.25, 0.3) is 0 Å². The van der Waals surface area contributed by atoms with Crippen molar-refractivity contribution in [3.63, 3.8) is 0 Å². The number of nitrogens with one attached hydrogen (secondary N) is 1. The highest BCUT2D eigenvalue weighted by molar-refractivity contribution is 5.92. The van der Waals surface area contributed by atoms with Gasteiger partial charge >= 0.3 is 0 Å². The van der Waals surface area contributed by atoms with E-state index in [1.165, 1.54) is 18.5 Å². The molecule has 2 fully saturated rings. The SMILES string of the molecule is CCN1C[C@@H](c2ccccc2)CC2(CCN(C(=O)c3ccn[nH]3)CC2)C1. The van der Waals surface area contributed by atoms with E-state index in [-0.39, 0.29) is 5.91 Å². The van der Waals surface area contributed by atoms with Crippen LogP contribution in [0.1, 0.15) is 48.2 Å². The molecule has 1 N–H and O–H groups in total. The van der Waals surface area contributed by atoms with Crippen molar-refractivity contribution in [2.45, 2.75) is 32.1 Å². The molecule has 0 bridgehead atoms. The second-order valence-electron chi connectivity index (χ2n) is 7.90. The van der Waals surface area contributed by atoms with Crippen molar-refractivity contribution < 1.29 is 4.79 Å². The molecule has 2 aromatic rings. The molecule has 1 aromatic carbocycles. The first-order chi connectivity index (χ1) is 12.7. The molecule has 1 spiro atoms. The predicted octanol–water partition coefficient (Wildman–Crippen LogP) is 3.14. The van der Waals surface area contributed by atoms with Gasteiger partial charge in [-0.05, 0) is 48.8 Å². The van der Waals surface area contributed by atoms with Crippen LogP contribution in [0, 0.1) is 5.41 Å². The van der Waals surface area contributed by atoms with Gasteiger partial charge in [0.25, 0.3) is 5.91 Å². The van der Waals surface area contributed by atoms with E-state index in [0.29, 0.717) is 17.0 Å². The van der Waals surface area contributed by atoms with Gasteiger partial charge in [0.05, 0.1) is 0 Å². The Kier molecular flexibility index (Phi) is 4.81. The average Bonchev–Trinajstić information content (AvgIpc) is 3.23. The molecule has 1 amide bonds. The number of aromatic amines is 1. The fourth-order valence-corrected chi connectivity index (χ4v) is 4.78. The van der Waals surface area contributed by atoms with E-state index in [1.807, 2.05) is 4.90 Å². The highest BCUT2D eigenvalue weighted by atomic mass is 16.2. The topological polar surface area (TPSA) is 52.2 Å². The maximum absolute atomic E-state index is 12.6. The second-order valence-corrected chi connectivity index (χ2v) is 7.90. The minimum Gasteiger partial charge on any atom is -0.337 e. The number of amides is 1. The lowest BCUT2D eigenvalue weighted by molar-refractivity contribution is 0.0156. The van der Waals surface area contributed by atoms with Crippen LogP contribution >= 0.6 is 0 Å². The highest BCUT2D eigenvalue weighted by Gasteiger charge is 2.42. The zero-order valence-corrected chi connectivity index (χ0v) is 15.5. The Morgan fingerprint density at radius 2 is 2.00 bits per heavy atom. The Morgan fingerprint density at radius 1 is 1.23 bits per heavy atom. The predicted molar refractivity (Wildman–Crippen MR) is 102 cm³/mol. The number of carbonyl (C=O) groups excluding carboxylic acids is 1. The number of piperidine rings is 2. The molecule has 5 heteroatoms. The lowest BCUT2D eigenvalue weighted by Gasteiger charge is -2.50. The monoisotopic (exact) mass is 352 g/mol. The van der Waals surface area contributed by atoms with Gasteiger partial charge in [0.15, 0.2) is 0 Å². The van der Waals surface area contributed by atoms with Gasteiger partial charge in [0.2, 0.25) is 0 Å². The quantitative estimate of drug-likeness (QED) is 0.923. The lowest BCUT2D eigenvalue weighted by atomic mass is 9.68. The number of rotatable bonds is 3. The molecule has 1 atom stereocenters. The van der Waals surface area contributed by atoms with Gasteiger partial charge in [0, 0.05) is 32.4 Å². The van der Waals surface area contributed by atoms with Gasteiger partial charge < -0.3 is 9.80 Å². The molecule has 0 aliphatic carbocycles. The molecule has 1 aromatic heterocycles. The fourth-order valence-electron chi connectivity index (χ4n) is 4.78. The van der Waals surface area contributed by atoms with E-state index in [1.54, 1.807) is 12.3 Å². The van der Waals surface area contributed by atoms with Gasteiger partial charge in [-0.15, -0.1) is 0 Å². The van der Waals surface area contributed by atoms with Crippen molar-refractivity contribution in [2.75, 3.05) is 32.7 Å². The highest BCUT2D eigenvalue weighted by Crippen LogP contribution is 2.45. The van der Waals surface area contributed by atoms with Crippen molar-refractivity contribution in [1.29, 1.82) is 0 Å². The fraction of sp³-hybridized carbons (Fsp3) is 0.524. The minimum atomic E-state index is 0.0834. The first kappa shape index (κ1) is 17.3. The van der Waals surface area contributed by atoms with E-state index in [4.69, 9.17) is 0 Å². The summed E-state index contributed by atoms with van der Waals surface area (Å²) in [6.07, 6.45) is 5.06. The molecule has 26 heavy (non-hydrogen) atoms. The molecular formula is C21H28N4O.